The molecule has 0 spiro atoms. The summed E-state index contributed by atoms with van der Waals surface area (Å²) >= 11 is 0. The van der Waals surface area contributed by atoms with Crippen LogP contribution in [0.3, 0.4) is 0 Å². The standard InChI is InChI=1S/C27H34F2N10O11P2/c1-27(2,3)26(40)44-11-47-52(43)46-6-14-20(16(29)25(48-14)39-10-37-18-22(31)33-8-35-24(18)39)49-51(41,42)45-5-12-4-13(15(28)19(12)50-52)38-9-36-17-21(30)32-7-34-23(17)38/h7-10,12-16,19-20,25H,4-6,11H2,1-3H3,(H,41,42)(H2,30,32,34)(H2,31,33,35)/t12-,13-,14-,15?,16+,19+,20?,25-,52?/m1/s1. The Kier molecular flexibility index (Phi) is 9.54. The number of hydrogen-bond acceptors (Lipinski definition) is 18. The highest BCUT2D eigenvalue weighted by Crippen LogP contribution is 2.58. The average molecular weight is 775 g/mol. The smallest absolute Gasteiger partial charge is 0.437 e. The summed E-state index contributed by atoms with van der Waals surface area (Å²) in [6.07, 6.45) is -6.39. The summed E-state index contributed by atoms with van der Waals surface area (Å²) in [5.74, 6) is -1.82. The number of rotatable bonds is 5. The molecule has 3 aliphatic rings. The summed E-state index contributed by atoms with van der Waals surface area (Å²) < 4.78 is 101. The van der Waals surface area contributed by atoms with Crippen molar-refractivity contribution in [3.8, 4) is 0 Å². The second-order valence-corrected chi connectivity index (χ2v) is 16.3. The number of carbonyl (C=O) groups excluding carboxylic acids is 1. The number of nitrogens with two attached hydrogens (primary N) is 2. The molecule has 2 aliphatic heterocycles. The number of imidazole rings is 2. The number of ether oxygens (including phenoxy) is 2. The molecule has 2 saturated heterocycles. The van der Waals surface area contributed by atoms with E-state index in [9.17, 15) is 18.8 Å². The molecule has 4 unspecified atom stereocenters. The molecule has 3 fully saturated rings. The van der Waals surface area contributed by atoms with Crippen molar-refractivity contribution in [3.05, 3.63) is 25.3 Å². The molecule has 5 N–H and O–H groups in total. The van der Waals surface area contributed by atoms with Crippen molar-refractivity contribution in [1.82, 2.24) is 39.0 Å². The van der Waals surface area contributed by atoms with Crippen LogP contribution in [0.25, 0.3) is 22.3 Å². The van der Waals surface area contributed by atoms with Gasteiger partial charge in [-0.15, -0.1) is 0 Å². The minimum atomic E-state index is -5.11. The lowest BCUT2D eigenvalue weighted by atomic mass is 9.98. The van der Waals surface area contributed by atoms with E-state index in [2.05, 4.69) is 29.9 Å². The summed E-state index contributed by atoms with van der Waals surface area (Å²) in [6.45, 7) is 2.19. The molecule has 0 amide bonds. The van der Waals surface area contributed by atoms with E-state index < -0.39 is 95.9 Å². The third-order valence-corrected chi connectivity index (χ3v) is 11.1. The molecule has 6 heterocycles. The molecule has 10 atom stereocenters. The van der Waals surface area contributed by atoms with Crippen molar-refractivity contribution >= 4 is 55.6 Å². The third kappa shape index (κ3) is 6.88. The van der Waals surface area contributed by atoms with Crippen molar-refractivity contribution < 1.29 is 59.7 Å². The van der Waals surface area contributed by atoms with Crippen LogP contribution in [0.1, 0.15) is 39.5 Å². The SMILES string of the molecule is CC(C)(C)C(=O)OCOP1(=O)OC[C@H]2O[C@@H](n3cnc4c(N)ncnc43)[C@@H](F)C2OP(=O)(O)OC[C@H]2C[C@@H](n3cnc4c(N)ncnc43)C(F)[C@H]2O1. The minimum absolute atomic E-state index is 0.00327. The largest absolute Gasteiger partial charge is 0.478 e. The second-order valence-electron chi connectivity index (χ2n) is 13.3. The van der Waals surface area contributed by atoms with Crippen LogP contribution in [-0.2, 0) is 46.0 Å². The minimum Gasteiger partial charge on any atom is -0.437 e. The molecule has 0 bridgehead atoms. The molecule has 52 heavy (non-hydrogen) atoms. The van der Waals surface area contributed by atoms with Gasteiger partial charge < -0.3 is 30.4 Å². The highest BCUT2D eigenvalue weighted by atomic mass is 31.2. The van der Waals surface area contributed by atoms with Crippen LogP contribution in [0.4, 0.5) is 20.4 Å². The lowest BCUT2D eigenvalue weighted by Gasteiger charge is -2.29. The zero-order valence-corrected chi connectivity index (χ0v) is 29.5. The summed E-state index contributed by atoms with van der Waals surface area (Å²) in [5, 5.41) is 0. The molecule has 1 saturated carbocycles. The van der Waals surface area contributed by atoms with Crippen molar-refractivity contribution in [2.45, 2.75) is 70.1 Å². The molecule has 4 aromatic rings. The molecule has 0 radical (unpaired) electrons. The Balaban J connectivity index is 1.20. The van der Waals surface area contributed by atoms with Gasteiger partial charge in [-0.25, -0.2) is 52.3 Å². The number of carbonyl (C=O) groups is 1. The number of nitrogens with zero attached hydrogens (tertiary/aromatic N) is 8. The maximum Gasteiger partial charge on any atom is 0.478 e. The first kappa shape index (κ1) is 36.6. The predicted octanol–water partition coefficient (Wildman–Crippen LogP) is 2.55. The molecule has 4 aromatic heterocycles. The lowest BCUT2D eigenvalue weighted by Crippen LogP contribution is -2.36. The van der Waals surface area contributed by atoms with Gasteiger partial charge in [0.15, 0.2) is 35.3 Å². The fourth-order valence-electron chi connectivity index (χ4n) is 6.12. The maximum atomic E-state index is 16.5. The molecule has 0 aromatic carbocycles. The number of phosphoric ester groups is 2. The van der Waals surface area contributed by atoms with Crippen LogP contribution in [0.15, 0.2) is 25.3 Å². The number of nitrogen functional groups attached to an aromatic ring is 2. The maximum absolute atomic E-state index is 16.5. The fraction of sp³-hybridized carbons (Fsp3) is 0.593. The van der Waals surface area contributed by atoms with Crippen molar-refractivity contribution in [2.75, 3.05) is 31.5 Å². The third-order valence-electron chi connectivity index (χ3n) is 8.73. The number of aromatic nitrogens is 8. The lowest BCUT2D eigenvalue weighted by molar-refractivity contribution is -0.161. The van der Waals surface area contributed by atoms with Crippen LogP contribution in [0, 0.1) is 11.3 Å². The van der Waals surface area contributed by atoms with Crippen molar-refractivity contribution in [1.29, 1.82) is 0 Å². The molecule has 21 nitrogen and oxygen atoms in total. The Morgan fingerprint density at radius 2 is 1.56 bits per heavy atom. The van der Waals surface area contributed by atoms with Gasteiger partial charge in [0.05, 0.1) is 37.3 Å². The highest BCUT2D eigenvalue weighted by molar-refractivity contribution is 7.48. The van der Waals surface area contributed by atoms with E-state index >= 15 is 8.78 Å². The first-order chi connectivity index (χ1) is 24.6. The Hall–Kier alpha value is -3.79. The Morgan fingerprint density at radius 1 is 0.923 bits per heavy atom. The molecule has 25 heteroatoms. The number of esters is 1. The van der Waals surface area contributed by atoms with Crippen molar-refractivity contribution in [2.24, 2.45) is 11.3 Å². The normalized spacial score (nSPS) is 34.4. The van der Waals surface area contributed by atoms with Crippen LogP contribution >= 0.6 is 15.6 Å². The summed E-state index contributed by atoms with van der Waals surface area (Å²) in [6, 6.07) is -1.12. The van der Waals surface area contributed by atoms with Crippen molar-refractivity contribution in [3.63, 3.8) is 0 Å². The van der Waals surface area contributed by atoms with E-state index in [4.69, 9.17) is 43.6 Å². The molecular formula is C27H34F2N10O11P2. The van der Waals surface area contributed by atoms with E-state index in [0.29, 0.717) is 0 Å². The Bertz CT molecular complexity index is 2080. The molecule has 282 valence electrons. The predicted molar refractivity (Wildman–Crippen MR) is 171 cm³/mol. The molecule has 1 aliphatic carbocycles. The van der Waals surface area contributed by atoms with Crippen LogP contribution in [0.5, 0.6) is 0 Å². The molecular weight excluding hydrogens is 740 g/mol. The van der Waals surface area contributed by atoms with Gasteiger partial charge in [0.1, 0.15) is 48.2 Å². The van der Waals surface area contributed by atoms with E-state index in [-0.39, 0.29) is 40.4 Å². The van der Waals surface area contributed by atoms with Gasteiger partial charge in [-0.1, -0.05) is 0 Å². The number of phosphoric acid groups is 2. The number of alkyl halides is 2. The fourth-order valence-corrected chi connectivity index (χ4v) is 8.42. The summed E-state index contributed by atoms with van der Waals surface area (Å²) in [4.78, 5) is 47.4. The van der Waals surface area contributed by atoms with Gasteiger partial charge in [0.25, 0.3) is 0 Å². The van der Waals surface area contributed by atoms with Gasteiger partial charge in [-0.05, 0) is 27.2 Å². The first-order valence-electron chi connectivity index (χ1n) is 15.8. The summed E-state index contributed by atoms with van der Waals surface area (Å²) in [7, 11) is -10.1. The average Bonchev–Trinajstić information content (AvgIpc) is 3.84. The number of anilines is 2. The Morgan fingerprint density at radius 3 is 2.21 bits per heavy atom. The topological polar surface area (TPSA) is 275 Å². The van der Waals surface area contributed by atoms with E-state index in [1.165, 1.54) is 17.2 Å². The Labute approximate surface area is 292 Å². The van der Waals surface area contributed by atoms with E-state index in [1.807, 2.05) is 0 Å². The summed E-state index contributed by atoms with van der Waals surface area (Å²) in [5.41, 5.74) is 11.3. The number of halogens is 2. The quantitative estimate of drug-likeness (QED) is 0.149. The van der Waals surface area contributed by atoms with Gasteiger partial charge in [0, 0.05) is 5.92 Å². The van der Waals surface area contributed by atoms with Gasteiger partial charge in [-0.2, -0.15) is 0 Å². The van der Waals surface area contributed by atoms with Gasteiger partial charge in [0.2, 0.25) is 6.79 Å². The molecule has 7 rings (SSSR count). The zero-order valence-electron chi connectivity index (χ0n) is 27.7. The second kappa shape index (κ2) is 13.6. The van der Waals surface area contributed by atoms with Crippen LogP contribution in [0.2, 0.25) is 0 Å². The van der Waals surface area contributed by atoms with Gasteiger partial charge in [-0.3, -0.25) is 27.5 Å². The monoisotopic (exact) mass is 774 g/mol. The number of hydrogen-bond donors (Lipinski definition) is 3. The number of fused-ring (bicyclic) bond motifs is 4. The van der Waals surface area contributed by atoms with E-state index in [0.717, 1.165) is 17.2 Å². The van der Waals surface area contributed by atoms with Gasteiger partial charge >= 0.3 is 21.6 Å². The highest BCUT2D eigenvalue weighted by Gasteiger charge is 2.55. The first-order valence-corrected chi connectivity index (χ1v) is 18.7. The van der Waals surface area contributed by atoms with Crippen LogP contribution < -0.4 is 11.5 Å². The zero-order chi connectivity index (χ0) is 37.2. The van der Waals surface area contributed by atoms with Crippen LogP contribution in [-0.4, -0.2) is 101 Å². The van der Waals surface area contributed by atoms with E-state index in [1.54, 1.807) is 20.8 Å².